The second kappa shape index (κ2) is 12.9. The van der Waals surface area contributed by atoms with E-state index in [2.05, 4.69) is 22.4 Å². The molecule has 9 heteroatoms. The summed E-state index contributed by atoms with van der Waals surface area (Å²) in [6.07, 6.45) is 2.28. The Morgan fingerprint density at radius 3 is 2.45 bits per heavy atom. The van der Waals surface area contributed by atoms with Crippen molar-refractivity contribution >= 4 is 52.2 Å². The molecule has 4 aromatic carbocycles. The maximum atomic E-state index is 13.4. The Balaban J connectivity index is 1.39. The van der Waals surface area contributed by atoms with Gasteiger partial charge in [-0.1, -0.05) is 66.5 Å². The van der Waals surface area contributed by atoms with Crippen LogP contribution in [0.25, 0.3) is 22.0 Å². The van der Waals surface area contributed by atoms with Gasteiger partial charge in [-0.25, -0.2) is 10.2 Å². The number of hydrogen-bond donors (Lipinski definition) is 2. The lowest BCUT2D eigenvalue weighted by Gasteiger charge is -2.11. The van der Waals surface area contributed by atoms with E-state index in [1.54, 1.807) is 48.5 Å². The lowest BCUT2D eigenvalue weighted by molar-refractivity contribution is 0.0728. The van der Waals surface area contributed by atoms with Gasteiger partial charge < -0.3 is 14.5 Å². The smallest absolute Gasteiger partial charge is 0.343 e. The number of amides is 1. The van der Waals surface area contributed by atoms with Gasteiger partial charge in [0.25, 0.3) is 5.91 Å². The van der Waals surface area contributed by atoms with Crippen molar-refractivity contribution in [3.63, 3.8) is 0 Å². The van der Waals surface area contributed by atoms with Crippen LogP contribution in [0.5, 0.6) is 11.5 Å². The topological polar surface area (TPSA) is 92.8 Å². The molecule has 0 atom stereocenters. The minimum absolute atomic E-state index is 0.257. The molecular weight excluding hydrogens is 573 g/mol. The van der Waals surface area contributed by atoms with Crippen molar-refractivity contribution in [3.8, 4) is 22.6 Å². The fraction of sp³-hybridized carbons (Fsp3) is 0.121. The number of nitrogens with one attached hydrogen (secondary N) is 2. The Labute approximate surface area is 253 Å². The van der Waals surface area contributed by atoms with Gasteiger partial charge in [-0.3, -0.25) is 4.79 Å². The van der Waals surface area contributed by atoms with Crippen molar-refractivity contribution in [2.24, 2.45) is 5.10 Å². The Hall–Kier alpha value is -4.59. The number of carbonyl (C=O) groups is 2. The Kier molecular flexibility index (Phi) is 8.91. The fourth-order valence-corrected chi connectivity index (χ4v) is 4.97. The van der Waals surface area contributed by atoms with Crippen LogP contribution in [0, 0.1) is 0 Å². The third-order valence-electron chi connectivity index (χ3n) is 6.60. The van der Waals surface area contributed by atoms with Crippen molar-refractivity contribution in [3.05, 3.63) is 117 Å². The molecule has 0 spiro atoms. The molecule has 0 aliphatic heterocycles. The summed E-state index contributed by atoms with van der Waals surface area (Å²) in [5.74, 6) is -0.343. The molecule has 42 heavy (non-hydrogen) atoms. The summed E-state index contributed by atoms with van der Waals surface area (Å²) in [7, 11) is 0. The SMILES string of the molecule is CCOc1cc(C=NNC(=O)c2[nH]c3c(CC)cccc3c2-c2ccccc2Cl)ccc1OC(=O)c1ccc(Cl)cc1. The molecule has 0 fully saturated rings. The number of halogens is 2. The van der Waals surface area contributed by atoms with E-state index in [0.29, 0.717) is 44.8 Å². The highest BCUT2D eigenvalue weighted by atomic mass is 35.5. The van der Waals surface area contributed by atoms with Gasteiger partial charge in [0, 0.05) is 32.1 Å². The molecule has 0 bridgehead atoms. The van der Waals surface area contributed by atoms with Crippen molar-refractivity contribution < 1.29 is 19.1 Å². The first-order valence-corrected chi connectivity index (χ1v) is 14.1. The largest absolute Gasteiger partial charge is 0.490 e. The number of para-hydroxylation sites is 1. The number of carbonyl (C=O) groups excluding carboxylic acids is 2. The van der Waals surface area contributed by atoms with Crippen LogP contribution in [0.4, 0.5) is 0 Å². The highest BCUT2D eigenvalue weighted by Crippen LogP contribution is 2.38. The second-order valence-electron chi connectivity index (χ2n) is 9.28. The Bertz CT molecular complexity index is 1800. The molecule has 5 rings (SSSR count). The number of rotatable bonds is 9. The fourth-order valence-electron chi connectivity index (χ4n) is 4.61. The molecular formula is C33H27Cl2N3O4. The summed E-state index contributed by atoms with van der Waals surface area (Å²) in [5.41, 5.74) is 7.39. The predicted octanol–water partition coefficient (Wildman–Crippen LogP) is 8.09. The van der Waals surface area contributed by atoms with Crippen LogP contribution >= 0.6 is 23.2 Å². The summed E-state index contributed by atoms with van der Waals surface area (Å²) in [6.45, 7) is 4.25. The Morgan fingerprint density at radius 1 is 0.929 bits per heavy atom. The van der Waals surface area contributed by atoms with Gasteiger partial charge in [0.2, 0.25) is 0 Å². The Morgan fingerprint density at radius 2 is 1.71 bits per heavy atom. The zero-order valence-corrected chi connectivity index (χ0v) is 24.4. The monoisotopic (exact) mass is 599 g/mol. The molecule has 1 amide bonds. The molecule has 5 aromatic rings. The van der Waals surface area contributed by atoms with Gasteiger partial charge in [-0.15, -0.1) is 0 Å². The molecule has 1 heterocycles. The molecule has 0 aliphatic carbocycles. The van der Waals surface area contributed by atoms with Crippen LogP contribution in [0.1, 0.15) is 45.8 Å². The predicted molar refractivity (Wildman–Crippen MR) is 167 cm³/mol. The van der Waals surface area contributed by atoms with E-state index in [1.807, 2.05) is 43.3 Å². The first kappa shape index (κ1) is 28.9. The quantitative estimate of drug-likeness (QED) is 0.0774. The van der Waals surface area contributed by atoms with Crippen LogP contribution in [0.2, 0.25) is 10.0 Å². The van der Waals surface area contributed by atoms with Gasteiger partial charge in [-0.2, -0.15) is 5.10 Å². The number of aryl methyl sites for hydroxylation is 1. The molecule has 0 aliphatic rings. The highest BCUT2D eigenvalue weighted by Gasteiger charge is 2.22. The van der Waals surface area contributed by atoms with Crippen LogP contribution in [0.15, 0.2) is 90.0 Å². The van der Waals surface area contributed by atoms with Crippen molar-refractivity contribution in [2.45, 2.75) is 20.3 Å². The number of hydrogen-bond acceptors (Lipinski definition) is 5. The third-order valence-corrected chi connectivity index (χ3v) is 7.18. The number of aromatic nitrogens is 1. The molecule has 0 radical (unpaired) electrons. The van der Waals surface area contributed by atoms with Gasteiger partial charge >= 0.3 is 5.97 Å². The van der Waals surface area contributed by atoms with Gasteiger partial charge in [0.05, 0.1) is 18.4 Å². The maximum absolute atomic E-state index is 13.4. The minimum Gasteiger partial charge on any atom is -0.490 e. The standard InChI is InChI=1S/C33H27Cl2N3O4/c1-3-21-8-7-10-25-29(24-9-5-6-11-26(24)35)31(37-30(21)25)32(39)38-36-19-20-12-17-27(28(18-20)41-4-2)42-33(40)22-13-15-23(34)16-14-22/h5-19,37H,3-4H2,1-2H3,(H,38,39). The number of ether oxygens (including phenoxy) is 2. The molecule has 0 saturated carbocycles. The third kappa shape index (κ3) is 6.17. The van der Waals surface area contributed by atoms with E-state index in [9.17, 15) is 9.59 Å². The average Bonchev–Trinajstić information content (AvgIpc) is 3.39. The number of H-pyrrole nitrogens is 1. The second-order valence-corrected chi connectivity index (χ2v) is 10.1. The zero-order valence-electron chi connectivity index (χ0n) is 22.9. The number of benzene rings is 4. The molecule has 212 valence electrons. The number of nitrogens with zero attached hydrogens (tertiary/aromatic N) is 1. The summed E-state index contributed by atoms with van der Waals surface area (Å²) in [4.78, 5) is 29.3. The van der Waals surface area contributed by atoms with Crippen LogP contribution in [-0.4, -0.2) is 29.7 Å². The molecule has 0 saturated heterocycles. The molecule has 1 aromatic heterocycles. The summed E-state index contributed by atoms with van der Waals surface area (Å²) in [6, 6.07) is 24.8. The van der Waals surface area contributed by atoms with E-state index in [0.717, 1.165) is 28.5 Å². The first-order valence-electron chi connectivity index (χ1n) is 13.4. The van der Waals surface area contributed by atoms with Crippen molar-refractivity contribution in [2.75, 3.05) is 6.61 Å². The summed E-state index contributed by atoms with van der Waals surface area (Å²) < 4.78 is 11.3. The van der Waals surface area contributed by atoms with Crippen LogP contribution < -0.4 is 14.9 Å². The van der Waals surface area contributed by atoms with E-state index in [4.69, 9.17) is 32.7 Å². The maximum Gasteiger partial charge on any atom is 0.343 e. The zero-order chi connectivity index (χ0) is 29.6. The molecule has 2 N–H and O–H groups in total. The summed E-state index contributed by atoms with van der Waals surface area (Å²) >= 11 is 12.5. The van der Waals surface area contributed by atoms with Gasteiger partial charge in [0.15, 0.2) is 11.5 Å². The number of fused-ring (bicyclic) bond motifs is 1. The lowest BCUT2D eigenvalue weighted by Crippen LogP contribution is -2.19. The number of hydrazone groups is 1. The van der Waals surface area contributed by atoms with Gasteiger partial charge in [-0.05, 0) is 73.0 Å². The average molecular weight is 601 g/mol. The van der Waals surface area contributed by atoms with Crippen LogP contribution in [-0.2, 0) is 6.42 Å². The molecule has 7 nitrogen and oxygen atoms in total. The summed E-state index contributed by atoms with van der Waals surface area (Å²) in [5, 5.41) is 6.15. The normalized spacial score (nSPS) is 11.1. The van der Waals surface area contributed by atoms with Crippen LogP contribution in [0.3, 0.4) is 0 Å². The van der Waals surface area contributed by atoms with E-state index < -0.39 is 11.9 Å². The highest BCUT2D eigenvalue weighted by molar-refractivity contribution is 6.34. The van der Waals surface area contributed by atoms with Crippen molar-refractivity contribution in [1.29, 1.82) is 0 Å². The van der Waals surface area contributed by atoms with E-state index in [1.165, 1.54) is 6.21 Å². The van der Waals surface area contributed by atoms with Gasteiger partial charge in [0.1, 0.15) is 5.69 Å². The van der Waals surface area contributed by atoms with E-state index in [-0.39, 0.29) is 5.75 Å². The van der Waals surface area contributed by atoms with E-state index >= 15 is 0 Å². The number of aromatic amines is 1. The minimum atomic E-state index is -0.541. The van der Waals surface area contributed by atoms with Crippen molar-refractivity contribution in [1.82, 2.24) is 10.4 Å². The number of esters is 1. The molecule has 0 unspecified atom stereocenters. The lowest BCUT2D eigenvalue weighted by atomic mass is 9.99. The first-order chi connectivity index (χ1) is 20.4.